The number of aromatic carboxylic acids is 1. The first-order chi connectivity index (χ1) is 8.04. The average molecular weight is 255 g/mol. The zero-order valence-electron chi connectivity index (χ0n) is 10.8. The lowest BCUT2D eigenvalue weighted by atomic mass is 9.94. The van der Waals surface area contributed by atoms with Crippen molar-refractivity contribution in [1.29, 1.82) is 0 Å². The van der Waals surface area contributed by atoms with E-state index in [1.807, 2.05) is 0 Å². The minimum Gasteiger partial charge on any atom is -0.476 e. The summed E-state index contributed by atoms with van der Waals surface area (Å²) < 4.78 is 0. The predicted molar refractivity (Wildman–Crippen MR) is 70.8 cm³/mol. The Labute approximate surface area is 107 Å². The minimum atomic E-state index is -0.924. The van der Waals surface area contributed by atoms with Gasteiger partial charge in [-0.05, 0) is 18.8 Å². The molecule has 0 aliphatic rings. The molecule has 1 N–H and O–H groups in total. The van der Waals surface area contributed by atoms with Gasteiger partial charge >= 0.3 is 5.97 Å². The summed E-state index contributed by atoms with van der Waals surface area (Å²) in [7, 11) is 0. The van der Waals surface area contributed by atoms with Gasteiger partial charge in [-0.25, -0.2) is 9.78 Å². The summed E-state index contributed by atoms with van der Waals surface area (Å²) in [6, 6.07) is 0. The molecule has 0 radical (unpaired) electrons. The van der Waals surface area contributed by atoms with E-state index in [-0.39, 0.29) is 5.69 Å². The fourth-order valence-corrected chi connectivity index (χ4v) is 2.81. The maximum atomic E-state index is 10.8. The fraction of sp³-hybridized carbons (Fsp3) is 0.692. The van der Waals surface area contributed by atoms with E-state index in [9.17, 15) is 4.79 Å². The summed E-state index contributed by atoms with van der Waals surface area (Å²) in [6.07, 6.45) is 4.49. The van der Waals surface area contributed by atoms with Gasteiger partial charge in [0, 0.05) is 11.3 Å². The molecule has 1 rings (SSSR count). The fourth-order valence-electron chi connectivity index (χ4n) is 1.85. The Hall–Kier alpha value is -0.900. The number of carboxylic acids is 1. The van der Waals surface area contributed by atoms with Gasteiger partial charge in [0.1, 0.15) is 0 Å². The highest BCUT2D eigenvalue weighted by Gasteiger charge is 2.17. The van der Waals surface area contributed by atoms with Crippen molar-refractivity contribution in [3.05, 3.63) is 16.1 Å². The highest BCUT2D eigenvalue weighted by atomic mass is 32.1. The molecule has 0 saturated heterocycles. The quantitative estimate of drug-likeness (QED) is 0.795. The molecular formula is C13H21NO2S. The average Bonchev–Trinajstić information content (AvgIpc) is 2.73. The maximum Gasteiger partial charge on any atom is 0.355 e. The van der Waals surface area contributed by atoms with Crippen molar-refractivity contribution in [1.82, 2.24) is 4.98 Å². The number of carboxylic acid groups (broad SMARTS) is 1. The second-order valence-electron chi connectivity index (χ2n) is 4.83. The molecule has 0 aliphatic heterocycles. The van der Waals surface area contributed by atoms with Crippen LogP contribution in [-0.2, 0) is 0 Å². The van der Waals surface area contributed by atoms with Gasteiger partial charge in [-0.3, -0.25) is 0 Å². The van der Waals surface area contributed by atoms with Crippen LogP contribution in [0.3, 0.4) is 0 Å². The lowest BCUT2D eigenvalue weighted by molar-refractivity contribution is 0.0691. The maximum absolute atomic E-state index is 10.8. The topological polar surface area (TPSA) is 50.2 Å². The third-order valence-electron chi connectivity index (χ3n) is 2.82. The van der Waals surface area contributed by atoms with Crippen LogP contribution in [0.4, 0.5) is 0 Å². The Balaban J connectivity index is 2.70. The van der Waals surface area contributed by atoms with E-state index >= 15 is 0 Å². The Morgan fingerprint density at radius 2 is 2.12 bits per heavy atom. The van der Waals surface area contributed by atoms with Crippen LogP contribution >= 0.6 is 11.3 Å². The Morgan fingerprint density at radius 3 is 2.59 bits per heavy atom. The number of nitrogens with zero attached hydrogens (tertiary/aromatic N) is 1. The molecule has 1 atom stereocenters. The van der Waals surface area contributed by atoms with Crippen LogP contribution in [0.2, 0.25) is 0 Å². The van der Waals surface area contributed by atoms with Gasteiger partial charge in [-0.1, -0.05) is 33.6 Å². The number of hydrogen-bond donors (Lipinski definition) is 1. The molecule has 4 heteroatoms. The highest BCUT2D eigenvalue weighted by Crippen LogP contribution is 2.30. The van der Waals surface area contributed by atoms with Gasteiger partial charge in [0.05, 0.1) is 5.01 Å². The number of rotatable bonds is 7. The molecule has 1 unspecified atom stereocenters. The summed E-state index contributed by atoms with van der Waals surface area (Å²) in [5, 5.41) is 11.5. The molecule has 0 amide bonds. The summed E-state index contributed by atoms with van der Waals surface area (Å²) in [5.41, 5.74) is 0.190. The van der Waals surface area contributed by atoms with Crippen LogP contribution in [0.1, 0.15) is 67.9 Å². The molecule has 0 aromatic carbocycles. The lowest BCUT2D eigenvalue weighted by Gasteiger charge is -2.14. The van der Waals surface area contributed by atoms with Crippen LogP contribution in [0.15, 0.2) is 5.38 Å². The Morgan fingerprint density at radius 1 is 1.41 bits per heavy atom. The number of thiazole rings is 1. The van der Waals surface area contributed by atoms with Gasteiger partial charge in [0.25, 0.3) is 0 Å². The van der Waals surface area contributed by atoms with Gasteiger partial charge in [0.15, 0.2) is 5.69 Å². The molecule has 0 spiro atoms. The van der Waals surface area contributed by atoms with E-state index < -0.39 is 5.97 Å². The van der Waals surface area contributed by atoms with Crippen molar-refractivity contribution in [2.24, 2.45) is 5.92 Å². The van der Waals surface area contributed by atoms with E-state index in [1.54, 1.807) is 5.38 Å². The van der Waals surface area contributed by atoms with Crippen molar-refractivity contribution in [3.63, 3.8) is 0 Å². The molecule has 1 heterocycles. The zero-order valence-corrected chi connectivity index (χ0v) is 11.6. The third kappa shape index (κ3) is 4.46. The van der Waals surface area contributed by atoms with Crippen molar-refractivity contribution in [2.45, 2.75) is 52.4 Å². The van der Waals surface area contributed by atoms with Crippen LogP contribution in [-0.4, -0.2) is 16.1 Å². The summed E-state index contributed by atoms with van der Waals surface area (Å²) >= 11 is 1.49. The second kappa shape index (κ2) is 6.74. The molecule has 96 valence electrons. The van der Waals surface area contributed by atoms with Crippen molar-refractivity contribution in [2.75, 3.05) is 0 Å². The molecule has 17 heavy (non-hydrogen) atoms. The third-order valence-corrected chi connectivity index (χ3v) is 3.83. The first-order valence-corrected chi connectivity index (χ1v) is 7.11. The molecule has 1 aromatic heterocycles. The van der Waals surface area contributed by atoms with E-state index in [0.29, 0.717) is 11.8 Å². The van der Waals surface area contributed by atoms with Crippen LogP contribution < -0.4 is 0 Å². The zero-order chi connectivity index (χ0) is 12.8. The molecular weight excluding hydrogens is 234 g/mol. The molecule has 1 aromatic rings. The van der Waals surface area contributed by atoms with E-state index in [0.717, 1.165) is 24.3 Å². The molecule has 0 saturated carbocycles. The lowest BCUT2D eigenvalue weighted by Crippen LogP contribution is -2.03. The second-order valence-corrected chi connectivity index (χ2v) is 5.72. The summed E-state index contributed by atoms with van der Waals surface area (Å²) in [4.78, 5) is 15.0. The molecule has 3 nitrogen and oxygen atoms in total. The number of aromatic nitrogens is 1. The normalized spacial score (nSPS) is 12.9. The number of carbonyl (C=O) groups is 1. The smallest absolute Gasteiger partial charge is 0.355 e. The Kier molecular flexibility index (Phi) is 5.62. The van der Waals surface area contributed by atoms with Crippen LogP contribution in [0.25, 0.3) is 0 Å². The summed E-state index contributed by atoms with van der Waals surface area (Å²) in [6.45, 7) is 6.59. The largest absolute Gasteiger partial charge is 0.476 e. The Bertz CT molecular complexity index is 360. The first-order valence-electron chi connectivity index (χ1n) is 6.23. The summed E-state index contributed by atoms with van der Waals surface area (Å²) in [5.74, 6) is 0.195. The van der Waals surface area contributed by atoms with E-state index in [4.69, 9.17) is 5.11 Å². The van der Waals surface area contributed by atoms with Crippen molar-refractivity contribution < 1.29 is 9.90 Å². The molecule has 0 bridgehead atoms. The van der Waals surface area contributed by atoms with Gasteiger partial charge in [0.2, 0.25) is 0 Å². The van der Waals surface area contributed by atoms with Gasteiger partial charge in [-0.15, -0.1) is 11.3 Å². The van der Waals surface area contributed by atoms with Crippen LogP contribution in [0, 0.1) is 5.92 Å². The highest BCUT2D eigenvalue weighted by molar-refractivity contribution is 7.09. The van der Waals surface area contributed by atoms with Crippen molar-refractivity contribution in [3.8, 4) is 0 Å². The van der Waals surface area contributed by atoms with Gasteiger partial charge < -0.3 is 5.11 Å². The number of hydrogen-bond acceptors (Lipinski definition) is 3. The molecule has 0 fully saturated rings. The minimum absolute atomic E-state index is 0.190. The standard InChI is InChI=1S/C13H21NO2S/c1-4-5-10(7-6-9(2)3)12-14-11(8-17-12)13(15)16/h8-10H,4-7H2,1-3H3,(H,15,16). The van der Waals surface area contributed by atoms with E-state index in [1.165, 1.54) is 17.8 Å². The first kappa shape index (κ1) is 14.2. The van der Waals surface area contributed by atoms with Gasteiger partial charge in [-0.2, -0.15) is 0 Å². The monoisotopic (exact) mass is 255 g/mol. The van der Waals surface area contributed by atoms with Crippen molar-refractivity contribution >= 4 is 17.3 Å². The van der Waals surface area contributed by atoms with Crippen LogP contribution in [0.5, 0.6) is 0 Å². The SMILES string of the molecule is CCCC(CCC(C)C)c1nc(C(=O)O)cs1. The predicted octanol–water partition coefficient (Wildman–Crippen LogP) is 4.16. The molecule has 0 aliphatic carbocycles. The van der Waals surface area contributed by atoms with E-state index in [2.05, 4.69) is 25.8 Å².